The first-order valence-electron chi connectivity index (χ1n) is 13.5. The van der Waals surface area contributed by atoms with Crippen molar-refractivity contribution in [2.75, 3.05) is 20.3 Å². The highest BCUT2D eigenvalue weighted by Gasteiger charge is 2.54. The van der Waals surface area contributed by atoms with Gasteiger partial charge in [-0.25, -0.2) is 0 Å². The van der Waals surface area contributed by atoms with E-state index in [2.05, 4.69) is 69.3 Å². The molecule has 1 unspecified atom stereocenters. The minimum absolute atomic E-state index is 0.191. The van der Waals surface area contributed by atoms with Gasteiger partial charge in [0.05, 0.1) is 13.0 Å². The van der Waals surface area contributed by atoms with Gasteiger partial charge < -0.3 is 14.6 Å². The number of benzene rings is 3. The Labute approximate surface area is 220 Å². The summed E-state index contributed by atoms with van der Waals surface area (Å²) in [5, 5.41) is 9.44. The average Bonchev–Trinajstić information content (AvgIpc) is 3.56. The van der Waals surface area contributed by atoms with Gasteiger partial charge in [-0.1, -0.05) is 36.4 Å². The van der Waals surface area contributed by atoms with Crippen LogP contribution in [0.4, 0.5) is 0 Å². The van der Waals surface area contributed by atoms with E-state index >= 15 is 0 Å². The van der Waals surface area contributed by atoms with Gasteiger partial charge in [0.15, 0.2) is 0 Å². The van der Waals surface area contributed by atoms with Gasteiger partial charge in [0.25, 0.3) is 0 Å². The number of hydrogen-bond donors (Lipinski definition) is 1. The topological polar surface area (TPSA) is 55.8 Å². The van der Waals surface area contributed by atoms with Crippen molar-refractivity contribution in [2.24, 2.45) is 5.41 Å². The molecule has 4 nitrogen and oxygen atoms in total. The van der Waals surface area contributed by atoms with E-state index in [4.69, 9.17) is 9.47 Å². The summed E-state index contributed by atoms with van der Waals surface area (Å²) in [6.45, 7) is 7.68. The highest BCUT2D eigenvalue weighted by molar-refractivity contribution is 5.75. The van der Waals surface area contributed by atoms with Crippen molar-refractivity contribution in [3.05, 3.63) is 87.5 Å². The van der Waals surface area contributed by atoms with Crippen LogP contribution >= 0.6 is 0 Å². The van der Waals surface area contributed by atoms with Crippen LogP contribution in [0.3, 0.4) is 0 Å². The predicted octanol–water partition coefficient (Wildman–Crippen LogP) is 6.98. The van der Waals surface area contributed by atoms with Crippen LogP contribution in [0, 0.1) is 26.2 Å². The molecule has 194 valence electrons. The lowest BCUT2D eigenvalue weighted by Gasteiger charge is -2.18. The van der Waals surface area contributed by atoms with Crippen molar-refractivity contribution in [2.45, 2.75) is 65.2 Å². The number of fused-ring (bicyclic) bond motifs is 1. The minimum atomic E-state index is -0.678. The van der Waals surface area contributed by atoms with E-state index in [0.717, 1.165) is 25.0 Å². The highest BCUT2D eigenvalue weighted by Crippen LogP contribution is 2.64. The Bertz CT molecular complexity index is 1290. The molecule has 1 atom stereocenters. The number of hydrogen-bond acceptors (Lipinski definition) is 3. The molecule has 2 aliphatic carbocycles. The zero-order valence-electron chi connectivity index (χ0n) is 22.5. The average molecular weight is 499 g/mol. The van der Waals surface area contributed by atoms with E-state index < -0.39 is 5.97 Å². The summed E-state index contributed by atoms with van der Waals surface area (Å²) in [6, 6.07) is 17.7. The monoisotopic (exact) mass is 498 g/mol. The third-order valence-corrected chi connectivity index (χ3v) is 8.60. The van der Waals surface area contributed by atoms with Gasteiger partial charge in [-0.2, -0.15) is 0 Å². The van der Waals surface area contributed by atoms with Gasteiger partial charge in [0.1, 0.15) is 12.4 Å². The second-order valence-electron chi connectivity index (χ2n) is 11.1. The summed E-state index contributed by atoms with van der Waals surface area (Å²) in [5.74, 6) is 0.401. The molecule has 3 aromatic rings. The van der Waals surface area contributed by atoms with Crippen molar-refractivity contribution in [1.29, 1.82) is 0 Å². The Morgan fingerprint density at radius 1 is 1.00 bits per heavy atom. The normalized spacial score (nSPS) is 17.1. The van der Waals surface area contributed by atoms with Gasteiger partial charge in [-0.05, 0) is 120 Å². The molecule has 1 saturated carbocycles. The SMILES string of the molecule is COCCOc1cc(C)c(-c2cccc(CCc3ccc4c(c3)CC3(CC3)C4CC(=O)O)c2C)c(C)c1. The zero-order chi connectivity index (χ0) is 26.2. The van der Waals surface area contributed by atoms with Crippen molar-refractivity contribution in [1.82, 2.24) is 0 Å². The first-order chi connectivity index (χ1) is 17.8. The third kappa shape index (κ3) is 5.17. The zero-order valence-corrected chi connectivity index (χ0v) is 22.5. The van der Waals surface area contributed by atoms with Crippen LogP contribution in [0.2, 0.25) is 0 Å². The van der Waals surface area contributed by atoms with E-state index in [1.807, 2.05) is 0 Å². The maximum absolute atomic E-state index is 11.5. The molecule has 0 heterocycles. The molecule has 0 saturated heterocycles. The quantitative estimate of drug-likeness (QED) is 0.306. The Hall–Kier alpha value is -3.11. The molecule has 3 aromatic carbocycles. The number of aryl methyl sites for hydroxylation is 4. The summed E-state index contributed by atoms with van der Waals surface area (Å²) in [5.41, 5.74) is 12.0. The molecule has 0 amide bonds. The van der Waals surface area contributed by atoms with Crippen LogP contribution in [0.1, 0.15) is 64.1 Å². The van der Waals surface area contributed by atoms with Gasteiger partial charge in [-0.3, -0.25) is 4.79 Å². The first kappa shape index (κ1) is 25.5. The maximum Gasteiger partial charge on any atom is 0.303 e. The number of methoxy groups -OCH3 is 1. The Morgan fingerprint density at radius 3 is 2.43 bits per heavy atom. The van der Waals surface area contributed by atoms with E-state index in [1.54, 1.807) is 7.11 Å². The lowest BCUT2D eigenvalue weighted by molar-refractivity contribution is -0.137. The van der Waals surface area contributed by atoms with Crippen LogP contribution in [0.15, 0.2) is 48.5 Å². The number of carboxylic acid groups (broad SMARTS) is 1. The van der Waals surface area contributed by atoms with Crippen molar-refractivity contribution in [3.63, 3.8) is 0 Å². The van der Waals surface area contributed by atoms with Gasteiger partial charge in [-0.15, -0.1) is 0 Å². The smallest absolute Gasteiger partial charge is 0.303 e. The summed E-state index contributed by atoms with van der Waals surface area (Å²) >= 11 is 0. The standard InChI is InChI=1S/C33H38O4/c1-21-16-27(37-15-14-36-4)17-22(2)32(21)28-7-5-6-25(23(28)3)10-8-24-9-11-29-26(18-24)20-33(12-13-33)30(29)19-31(34)35/h5-7,9,11,16-18,30H,8,10,12-15,19-20H2,1-4H3,(H,34,35). The number of aliphatic carboxylic acids is 1. The summed E-state index contributed by atoms with van der Waals surface area (Å²) in [7, 11) is 1.68. The maximum atomic E-state index is 11.5. The molecule has 0 radical (unpaired) electrons. The fourth-order valence-electron chi connectivity index (χ4n) is 6.51. The predicted molar refractivity (Wildman–Crippen MR) is 148 cm³/mol. The van der Waals surface area contributed by atoms with E-state index in [0.29, 0.717) is 13.2 Å². The molecule has 4 heteroatoms. The number of ether oxygens (including phenoxy) is 2. The Balaban J connectivity index is 1.33. The highest BCUT2D eigenvalue weighted by atomic mass is 16.5. The molecular formula is C33H38O4. The molecule has 0 aliphatic heterocycles. The van der Waals surface area contributed by atoms with Crippen LogP contribution in [0.5, 0.6) is 5.75 Å². The van der Waals surface area contributed by atoms with E-state index in [1.165, 1.54) is 62.9 Å². The number of rotatable bonds is 10. The van der Waals surface area contributed by atoms with Gasteiger partial charge in [0.2, 0.25) is 0 Å². The van der Waals surface area contributed by atoms with Gasteiger partial charge >= 0.3 is 5.97 Å². The second kappa shape index (κ2) is 10.3. The van der Waals surface area contributed by atoms with Crippen LogP contribution < -0.4 is 4.74 Å². The largest absolute Gasteiger partial charge is 0.491 e. The Kier molecular flexibility index (Phi) is 7.13. The van der Waals surface area contributed by atoms with Crippen molar-refractivity contribution in [3.8, 4) is 16.9 Å². The third-order valence-electron chi connectivity index (χ3n) is 8.60. The molecular weight excluding hydrogens is 460 g/mol. The van der Waals surface area contributed by atoms with E-state index in [-0.39, 0.29) is 17.8 Å². The van der Waals surface area contributed by atoms with Crippen LogP contribution in [-0.4, -0.2) is 31.4 Å². The van der Waals surface area contributed by atoms with Crippen molar-refractivity contribution >= 4 is 5.97 Å². The van der Waals surface area contributed by atoms with E-state index in [9.17, 15) is 9.90 Å². The molecule has 0 aromatic heterocycles. The van der Waals surface area contributed by atoms with Gasteiger partial charge in [0, 0.05) is 13.0 Å². The minimum Gasteiger partial charge on any atom is -0.491 e. The first-order valence-corrected chi connectivity index (χ1v) is 13.5. The molecule has 1 N–H and O–H groups in total. The second-order valence-corrected chi connectivity index (χ2v) is 11.1. The summed E-state index contributed by atoms with van der Waals surface area (Å²) < 4.78 is 11.0. The summed E-state index contributed by atoms with van der Waals surface area (Å²) in [6.07, 6.45) is 5.61. The summed E-state index contributed by atoms with van der Waals surface area (Å²) in [4.78, 5) is 11.5. The number of carbonyl (C=O) groups is 1. The molecule has 0 bridgehead atoms. The Morgan fingerprint density at radius 2 is 1.76 bits per heavy atom. The number of carboxylic acids is 1. The molecule has 37 heavy (non-hydrogen) atoms. The fraction of sp³-hybridized carbons (Fsp3) is 0.424. The van der Waals surface area contributed by atoms with Crippen LogP contribution in [0.25, 0.3) is 11.1 Å². The molecule has 5 rings (SSSR count). The molecule has 1 fully saturated rings. The molecule has 2 aliphatic rings. The van der Waals surface area contributed by atoms with Crippen molar-refractivity contribution < 1.29 is 19.4 Å². The lowest BCUT2D eigenvalue weighted by Crippen LogP contribution is -2.13. The fourth-order valence-corrected chi connectivity index (χ4v) is 6.51. The molecule has 1 spiro atoms. The lowest BCUT2D eigenvalue weighted by atomic mass is 9.86. The van der Waals surface area contributed by atoms with Crippen LogP contribution in [-0.2, 0) is 28.8 Å².